The van der Waals surface area contributed by atoms with Gasteiger partial charge in [-0.3, -0.25) is 4.79 Å². The van der Waals surface area contributed by atoms with Gasteiger partial charge in [-0.05, 0) is 65.8 Å². The Hall–Kier alpha value is -3.57. The number of thiophene rings is 1. The van der Waals surface area contributed by atoms with E-state index in [1.54, 1.807) is 23.5 Å². The number of aromatic hydroxyl groups is 1. The highest BCUT2D eigenvalue weighted by molar-refractivity contribution is 7.10. The van der Waals surface area contributed by atoms with E-state index in [0.717, 1.165) is 29.1 Å². The van der Waals surface area contributed by atoms with Gasteiger partial charge in [0.1, 0.15) is 5.75 Å². The Balaban J connectivity index is 1.13. The first-order chi connectivity index (χ1) is 16.7. The SMILES string of the molecule is O=C(NCc1cc(N2CCC(c3ccccc3)CC2)cs1)c1ccc(-c2ccc(O)cc2)cc1. The maximum Gasteiger partial charge on any atom is 0.251 e. The van der Waals surface area contributed by atoms with Crippen molar-refractivity contribution >= 4 is 22.9 Å². The van der Waals surface area contributed by atoms with Gasteiger partial charge in [0.05, 0.1) is 6.54 Å². The number of phenols is 1. The number of phenolic OH excluding ortho intramolecular Hbond substituents is 1. The van der Waals surface area contributed by atoms with Crippen LogP contribution >= 0.6 is 11.3 Å². The van der Waals surface area contributed by atoms with Gasteiger partial charge in [0.25, 0.3) is 5.91 Å². The van der Waals surface area contributed by atoms with Crippen LogP contribution < -0.4 is 10.2 Å². The third-order valence-corrected chi connectivity index (χ3v) is 7.47. The molecule has 5 heteroatoms. The van der Waals surface area contributed by atoms with Gasteiger partial charge in [-0.2, -0.15) is 0 Å². The van der Waals surface area contributed by atoms with Gasteiger partial charge >= 0.3 is 0 Å². The van der Waals surface area contributed by atoms with Gasteiger partial charge in [-0.1, -0.05) is 54.6 Å². The molecule has 3 aromatic carbocycles. The van der Waals surface area contributed by atoms with E-state index in [9.17, 15) is 9.90 Å². The monoisotopic (exact) mass is 468 g/mol. The lowest BCUT2D eigenvalue weighted by molar-refractivity contribution is 0.0951. The number of anilines is 1. The van der Waals surface area contributed by atoms with Crippen molar-refractivity contribution in [3.63, 3.8) is 0 Å². The van der Waals surface area contributed by atoms with Crippen LogP contribution in [0.1, 0.15) is 39.6 Å². The van der Waals surface area contributed by atoms with Crippen molar-refractivity contribution in [2.24, 2.45) is 0 Å². The molecule has 0 unspecified atom stereocenters. The van der Waals surface area contributed by atoms with Crippen LogP contribution in [0.3, 0.4) is 0 Å². The molecule has 1 aliphatic rings. The van der Waals surface area contributed by atoms with Gasteiger partial charge < -0.3 is 15.3 Å². The van der Waals surface area contributed by atoms with Gasteiger partial charge in [-0.25, -0.2) is 0 Å². The fourth-order valence-electron chi connectivity index (χ4n) is 4.56. The molecule has 1 saturated heterocycles. The summed E-state index contributed by atoms with van der Waals surface area (Å²) in [6.07, 6.45) is 2.35. The molecule has 2 heterocycles. The number of amides is 1. The number of nitrogens with one attached hydrogen (secondary N) is 1. The van der Waals surface area contributed by atoms with Crippen LogP contribution in [-0.4, -0.2) is 24.1 Å². The van der Waals surface area contributed by atoms with Crippen LogP contribution in [0.15, 0.2) is 90.3 Å². The molecule has 4 aromatic rings. The molecule has 0 spiro atoms. The number of nitrogens with zero attached hydrogens (tertiary/aromatic N) is 1. The van der Waals surface area contributed by atoms with Crippen molar-refractivity contribution in [2.75, 3.05) is 18.0 Å². The molecule has 4 nitrogen and oxygen atoms in total. The summed E-state index contributed by atoms with van der Waals surface area (Å²) in [7, 11) is 0. The molecule has 0 radical (unpaired) electrons. The van der Waals surface area contributed by atoms with E-state index >= 15 is 0 Å². The summed E-state index contributed by atoms with van der Waals surface area (Å²) >= 11 is 1.70. The normalized spacial score (nSPS) is 14.2. The van der Waals surface area contributed by atoms with Gasteiger partial charge in [0.2, 0.25) is 0 Å². The Kier molecular flexibility index (Phi) is 6.63. The lowest BCUT2D eigenvalue weighted by Crippen LogP contribution is -2.32. The zero-order valence-corrected chi connectivity index (χ0v) is 19.8. The summed E-state index contributed by atoms with van der Waals surface area (Å²) in [5, 5.41) is 14.7. The maximum atomic E-state index is 12.6. The first kappa shape index (κ1) is 22.2. The second kappa shape index (κ2) is 10.1. The van der Waals surface area contributed by atoms with Crippen molar-refractivity contribution in [3.05, 3.63) is 106 Å². The van der Waals surface area contributed by atoms with Crippen LogP contribution in [0.5, 0.6) is 5.75 Å². The highest BCUT2D eigenvalue weighted by Crippen LogP contribution is 2.32. The first-order valence-electron chi connectivity index (χ1n) is 11.7. The standard InChI is InChI=1S/C29H28N2O2S/c32-27-12-10-23(11-13-27)22-6-8-25(9-7-22)29(33)30-19-28-18-26(20-34-28)31-16-14-24(15-17-31)21-4-2-1-3-5-21/h1-13,18,20,24,32H,14-17,19H2,(H,30,33). The van der Waals surface area contributed by atoms with Crippen LogP contribution in [-0.2, 0) is 6.54 Å². The largest absolute Gasteiger partial charge is 0.508 e. The predicted molar refractivity (Wildman–Crippen MR) is 140 cm³/mol. The van der Waals surface area contributed by atoms with Gasteiger partial charge in [0, 0.05) is 34.6 Å². The zero-order valence-electron chi connectivity index (χ0n) is 19.0. The Morgan fingerprint density at radius 2 is 1.56 bits per heavy atom. The van der Waals surface area contributed by atoms with Crippen molar-refractivity contribution in [1.82, 2.24) is 5.32 Å². The summed E-state index contributed by atoms with van der Waals surface area (Å²) in [5.74, 6) is 0.819. The van der Waals surface area contributed by atoms with E-state index in [-0.39, 0.29) is 11.7 Å². The molecule has 1 fully saturated rings. The quantitative estimate of drug-likeness (QED) is 0.343. The lowest BCUT2D eigenvalue weighted by atomic mass is 9.89. The minimum absolute atomic E-state index is 0.0733. The Labute approximate surface area is 204 Å². The number of carbonyl (C=O) groups is 1. The fourth-order valence-corrected chi connectivity index (χ4v) is 5.39. The summed E-state index contributed by atoms with van der Waals surface area (Å²) in [6.45, 7) is 2.66. The molecule has 172 valence electrons. The smallest absolute Gasteiger partial charge is 0.251 e. The van der Waals surface area contributed by atoms with E-state index in [1.807, 2.05) is 36.4 Å². The van der Waals surface area contributed by atoms with Crippen molar-refractivity contribution in [2.45, 2.75) is 25.3 Å². The average molecular weight is 469 g/mol. The van der Waals surface area contributed by atoms with Crippen LogP contribution in [0.4, 0.5) is 5.69 Å². The molecule has 5 rings (SSSR count). The number of benzene rings is 3. The predicted octanol–water partition coefficient (Wildman–Crippen LogP) is 6.43. The van der Waals surface area contributed by atoms with Crippen molar-refractivity contribution in [3.8, 4) is 16.9 Å². The summed E-state index contributed by atoms with van der Waals surface area (Å²) in [6, 6.07) is 27.6. The Bertz CT molecular complexity index is 1230. The molecular formula is C29H28N2O2S. The summed E-state index contributed by atoms with van der Waals surface area (Å²) in [4.78, 5) is 16.3. The summed E-state index contributed by atoms with van der Waals surface area (Å²) in [5.41, 5.74) is 5.37. The number of hydrogen-bond donors (Lipinski definition) is 2. The molecule has 0 aliphatic carbocycles. The number of carbonyl (C=O) groups excluding carboxylic acids is 1. The fraction of sp³-hybridized carbons (Fsp3) is 0.207. The Morgan fingerprint density at radius 3 is 2.24 bits per heavy atom. The number of hydrogen-bond acceptors (Lipinski definition) is 4. The van der Waals surface area contributed by atoms with E-state index in [1.165, 1.54) is 24.1 Å². The second-order valence-electron chi connectivity index (χ2n) is 8.75. The van der Waals surface area contributed by atoms with Crippen LogP contribution in [0.25, 0.3) is 11.1 Å². The average Bonchev–Trinajstić information content (AvgIpc) is 3.38. The second-order valence-corrected chi connectivity index (χ2v) is 9.75. The number of rotatable bonds is 6. The van der Waals surface area contributed by atoms with Gasteiger partial charge in [0.15, 0.2) is 0 Å². The van der Waals surface area contributed by atoms with Crippen molar-refractivity contribution < 1.29 is 9.90 Å². The van der Waals surface area contributed by atoms with Crippen LogP contribution in [0.2, 0.25) is 0 Å². The molecule has 1 aromatic heterocycles. The zero-order chi connectivity index (χ0) is 23.3. The molecule has 34 heavy (non-hydrogen) atoms. The number of piperidine rings is 1. The molecule has 1 aliphatic heterocycles. The minimum Gasteiger partial charge on any atom is -0.508 e. The van der Waals surface area contributed by atoms with E-state index in [0.29, 0.717) is 18.0 Å². The van der Waals surface area contributed by atoms with E-state index < -0.39 is 0 Å². The third kappa shape index (κ3) is 5.15. The first-order valence-corrected chi connectivity index (χ1v) is 12.6. The lowest BCUT2D eigenvalue weighted by Gasteiger charge is -2.33. The molecule has 0 saturated carbocycles. The summed E-state index contributed by atoms with van der Waals surface area (Å²) < 4.78 is 0. The minimum atomic E-state index is -0.0733. The van der Waals surface area contributed by atoms with E-state index in [4.69, 9.17) is 0 Å². The highest BCUT2D eigenvalue weighted by atomic mass is 32.1. The van der Waals surface area contributed by atoms with Crippen molar-refractivity contribution in [1.29, 1.82) is 0 Å². The molecule has 0 bridgehead atoms. The maximum absolute atomic E-state index is 12.6. The van der Waals surface area contributed by atoms with E-state index in [2.05, 4.69) is 52.0 Å². The highest BCUT2D eigenvalue weighted by Gasteiger charge is 2.21. The van der Waals surface area contributed by atoms with Crippen LogP contribution in [0, 0.1) is 0 Å². The van der Waals surface area contributed by atoms with Gasteiger partial charge in [-0.15, -0.1) is 11.3 Å². The third-order valence-electron chi connectivity index (χ3n) is 6.54. The molecular weight excluding hydrogens is 440 g/mol. The molecule has 1 amide bonds. The topological polar surface area (TPSA) is 52.6 Å². The Morgan fingerprint density at radius 1 is 0.912 bits per heavy atom. The molecule has 2 N–H and O–H groups in total. The molecule has 0 atom stereocenters.